The molecule has 0 saturated heterocycles. The van der Waals surface area contributed by atoms with E-state index in [1.165, 1.54) is 0 Å². The second-order valence-electron chi connectivity index (χ2n) is 8.76. The summed E-state index contributed by atoms with van der Waals surface area (Å²) in [6.07, 6.45) is 3.70. The molecular weight excluding hydrogens is 368 g/mol. The van der Waals surface area contributed by atoms with Gasteiger partial charge in [0.25, 0.3) is 0 Å². The molecule has 2 aliphatic rings. The Morgan fingerprint density at radius 2 is 1.86 bits per heavy atom. The van der Waals surface area contributed by atoms with Gasteiger partial charge in [-0.25, -0.2) is 4.79 Å². The van der Waals surface area contributed by atoms with Crippen molar-refractivity contribution in [3.8, 4) is 0 Å². The molecule has 1 aromatic heterocycles. The SMILES string of the molecule is CC12CCC(C(=O)NCc3ccco3)(CC1=NOC(=O)c1ccccc1)C2(C)C. The van der Waals surface area contributed by atoms with E-state index in [0.717, 1.165) is 24.3 Å². The number of benzene rings is 1. The lowest BCUT2D eigenvalue weighted by Crippen LogP contribution is -2.46. The number of amides is 1. The predicted molar refractivity (Wildman–Crippen MR) is 108 cm³/mol. The molecule has 6 nitrogen and oxygen atoms in total. The zero-order valence-electron chi connectivity index (χ0n) is 17.0. The van der Waals surface area contributed by atoms with E-state index < -0.39 is 11.4 Å². The average Bonchev–Trinajstić information content (AvgIpc) is 3.35. The van der Waals surface area contributed by atoms with Gasteiger partial charge < -0.3 is 14.6 Å². The molecule has 1 heterocycles. The van der Waals surface area contributed by atoms with Crippen LogP contribution >= 0.6 is 0 Å². The highest BCUT2D eigenvalue weighted by Gasteiger charge is 2.71. The number of oxime groups is 1. The first-order chi connectivity index (χ1) is 13.8. The molecule has 1 N–H and O–H groups in total. The minimum Gasteiger partial charge on any atom is -0.467 e. The summed E-state index contributed by atoms with van der Waals surface area (Å²) >= 11 is 0. The van der Waals surface area contributed by atoms with Crippen molar-refractivity contribution in [2.24, 2.45) is 21.4 Å². The first-order valence-corrected chi connectivity index (χ1v) is 9.95. The Kier molecular flexibility index (Phi) is 4.60. The van der Waals surface area contributed by atoms with Crippen LogP contribution in [0.3, 0.4) is 0 Å². The molecule has 29 heavy (non-hydrogen) atoms. The maximum Gasteiger partial charge on any atom is 0.365 e. The molecule has 152 valence electrons. The first-order valence-electron chi connectivity index (χ1n) is 9.95. The Hall–Kier alpha value is -2.89. The van der Waals surface area contributed by atoms with Crippen molar-refractivity contribution in [2.75, 3.05) is 0 Å². The molecule has 0 radical (unpaired) electrons. The van der Waals surface area contributed by atoms with Crippen molar-refractivity contribution in [3.63, 3.8) is 0 Å². The van der Waals surface area contributed by atoms with Crippen molar-refractivity contribution in [1.29, 1.82) is 0 Å². The quantitative estimate of drug-likeness (QED) is 0.605. The number of nitrogens with zero attached hydrogens (tertiary/aromatic N) is 1. The third-order valence-electron chi connectivity index (χ3n) is 7.42. The molecule has 2 fully saturated rings. The Morgan fingerprint density at radius 1 is 1.10 bits per heavy atom. The highest BCUT2D eigenvalue weighted by Crippen LogP contribution is 2.71. The Balaban J connectivity index is 1.54. The molecular formula is C23H26N2O4. The van der Waals surface area contributed by atoms with E-state index in [9.17, 15) is 9.59 Å². The van der Waals surface area contributed by atoms with Crippen molar-refractivity contribution >= 4 is 17.6 Å². The second kappa shape index (κ2) is 6.87. The lowest BCUT2D eigenvalue weighted by molar-refractivity contribution is -0.136. The summed E-state index contributed by atoms with van der Waals surface area (Å²) in [4.78, 5) is 30.8. The van der Waals surface area contributed by atoms with Crippen LogP contribution in [0.1, 0.15) is 56.2 Å². The van der Waals surface area contributed by atoms with Gasteiger partial charge in [0.1, 0.15) is 5.76 Å². The fourth-order valence-corrected chi connectivity index (χ4v) is 5.00. The summed E-state index contributed by atoms with van der Waals surface area (Å²) in [5.74, 6) is 0.234. The topological polar surface area (TPSA) is 80.9 Å². The fraction of sp³-hybridized carbons (Fsp3) is 0.435. The number of fused-ring (bicyclic) bond motifs is 2. The van der Waals surface area contributed by atoms with Gasteiger partial charge in [-0.15, -0.1) is 0 Å². The zero-order chi connectivity index (χ0) is 20.7. The van der Waals surface area contributed by atoms with E-state index in [1.54, 1.807) is 36.6 Å². The second-order valence-corrected chi connectivity index (χ2v) is 8.76. The maximum atomic E-state index is 13.3. The number of furan rings is 1. The lowest BCUT2D eigenvalue weighted by atomic mass is 9.64. The number of rotatable bonds is 5. The minimum atomic E-state index is -0.577. The van der Waals surface area contributed by atoms with Gasteiger partial charge in [0, 0.05) is 11.8 Å². The predicted octanol–water partition coefficient (Wildman–Crippen LogP) is 4.33. The van der Waals surface area contributed by atoms with Crippen LogP contribution in [-0.4, -0.2) is 17.6 Å². The van der Waals surface area contributed by atoms with Gasteiger partial charge in [0.05, 0.1) is 29.5 Å². The molecule has 2 unspecified atom stereocenters. The van der Waals surface area contributed by atoms with Crippen molar-refractivity contribution < 1.29 is 18.8 Å². The lowest BCUT2D eigenvalue weighted by Gasteiger charge is -2.39. The smallest absolute Gasteiger partial charge is 0.365 e. The number of hydrogen-bond acceptors (Lipinski definition) is 5. The first kappa shape index (κ1) is 19.4. The van der Waals surface area contributed by atoms with Crippen LogP contribution in [0.15, 0.2) is 58.3 Å². The van der Waals surface area contributed by atoms with Gasteiger partial charge >= 0.3 is 5.97 Å². The maximum absolute atomic E-state index is 13.3. The molecule has 0 spiro atoms. The Bertz CT molecular complexity index is 949. The summed E-state index contributed by atoms with van der Waals surface area (Å²) in [6, 6.07) is 12.4. The Labute approximate surface area is 170 Å². The van der Waals surface area contributed by atoms with Crippen LogP contribution in [0, 0.1) is 16.2 Å². The highest BCUT2D eigenvalue weighted by molar-refractivity contribution is 6.02. The molecule has 2 saturated carbocycles. The van der Waals surface area contributed by atoms with Gasteiger partial charge in [-0.2, -0.15) is 0 Å². The van der Waals surface area contributed by atoms with Crippen LogP contribution in [0.4, 0.5) is 0 Å². The van der Waals surface area contributed by atoms with Crippen LogP contribution < -0.4 is 5.32 Å². The molecule has 1 amide bonds. The third-order valence-corrected chi connectivity index (χ3v) is 7.42. The van der Waals surface area contributed by atoms with Gasteiger partial charge in [-0.3, -0.25) is 4.79 Å². The third kappa shape index (κ3) is 2.89. The summed E-state index contributed by atoms with van der Waals surface area (Å²) in [7, 11) is 0. The molecule has 2 aliphatic carbocycles. The average molecular weight is 394 g/mol. The van der Waals surface area contributed by atoms with E-state index in [2.05, 4.69) is 31.2 Å². The van der Waals surface area contributed by atoms with Gasteiger partial charge in [-0.1, -0.05) is 44.1 Å². The molecule has 2 bridgehead atoms. The van der Waals surface area contributed by atoms with Crippen molar-refractivity contribution in [3.05, 3.63) is 60.1 Å². The molecule has 4 rings (SSSR count). The Morgan fingerprint density at radius 3 is 2.55 bits per heavy atom. The molecule has 0 aliphatic heterocycles. The van der Waals surface area contributed by atoms with Crippen molar-refractivity contribution in [1.82, 2.24) is 5.32 Å². The largest absolute Gasteiger partial charge is 0.467 e. The summed E-state index contributed by atoms with van der Waals surface area (Å²) in [5, 5.41) is 7.29. The van der Waals surface area contributed by atoms with Crippen LogP contribution in [0.5, 0.6) is 0 Å². The summed E-state index contributed by atoms with van der Waals surface area (Å²) in [6.45, 7) is 6.72. The number of nitrogens with one attached hydrogen (secondary N) is 1. The van der Waals surface area contributed by atoms with Gasteiger partial charge in [0.15, 0.2) is 0 Å². The monoisotopic (exact) mass is 394 g/mol. The number of hydrogen-bond donors (Lipinski definition) is 1. The van der Waals surface area contributed by atoms with E-state index in [0.29, 0.717) is 18.5 Å². The number of carbonyl (C=O) groups is 2. The zero-order valence-corrected chi connectivity index (χ0v) is 17.0. The molecule has 2 atom stereocenters. The molecule has 6 heteroatoms. The summed E-state index contributed by atoms with van der Waals surface area (Å²) < 4.78 is 5.33. The van der Waals surface area contributed by atoms with Gasteiger partial charge in [-0.05, 0) is 42.5 Å². The van der Waals surface area contributed by atoms with Gasteiger partial charge in [0.2, 0.25) is 5.91 Å². The van der Waals surface area contributed by atoms with E-state index in [-0.39, 0.29) is 16.7 Å². The standard InChI is InChI=1S/C23H26N2O4/c1-21(2)22(3)11-12-23(21,20(27)24-15-17-10-7-13-28-17)14-18(22)25-29-19(26)16-8-5-4-6-9-16/h4-10,13H,11-12,14-15H2,1-3H3,(H,24,27). The normalized spacial score (nSPS) is 28.4. The minimum absolute atomic E-state index is 0.00205. The van der Waals surface area contributed by atoms with Crippen LogP contribution in [0.25, 0.3) is 0 Å². The number of carbonyl (C=O) groups excluding carboxylic acids is 2. The summed E-state index contributed by atoms with van der Waals surface area (Å²) in [5.41, 5.74) is 0.0466. The fourth-order valence-electron chi connectivity index (χ4n) is 5.00. The van der Waals surface area contributed by atoms with Crippen LogP contribution in [0.2, 0.25) is 0 Å². The molecule has 1 aromatic carbocycles. The van der Waals surface area contributed by atoms with E-state index in [1.807, 2.05) is 12.1 Å². The van der Waals surface area contributed by atoms with E-state index >= 15 is 0 Å². The van der Waals surface area contributed by atoms with Crippen molar-refractivity contribution in [2.45, 2.75) is 46.6 Å². The van der Waals surface area contributed by atoms with E-state index in [4.69, 9.17) is 9.25 Å². The molecule has 2 aromatic rings. The highest BCUT2D eigenvalue weighted by atomic mass is 16.7. The van der Waals surface area contributed by atoms with Crippen LogP contribution in [-0.2, 0) is 16.2 Å².